The van der Waals surface area contributed by atoms with Crippen molar-refractivity contribution in [1.29, 1.82) is 0 Å². The van der Waals surface area contributed by atoms with Gasteiger partial charge in [-0.25, -0.2) is 4.79 Å². The van der Waals surface area contributed by atoms with Crippen molar-refractivity contribution in [1.82, 2.24) is 0 Å². The molecule has 3 aromatic rings. The third kappa shape index (κ3) is 2.80. The van der Waals surface area contributed by atoms with Gasteiger partial charge in [-0.15, -0.1) is 23.1 Å². The maximum absolute atomic E-state index is 11.4. The molecule has 0 aliphatic heterocycles. The first-order chi connectivity index (χ1) is 14.6. The number of thiophene rings is 1. The molecule has 0 unspecified atom stereocenters. The molecule has 4 saturated carbocycles. The minimum absolute atomic E-state index is 0.305. The van der Waals surface area contributed by atoms with Gasteiger partial charge in [0.05, 0.1) is 5.56 Å². The van der Waals surface area contributed by atoms with Crippen molar-refractivity contribution in [2.24, 2.45) is 17.8 Å². The molecule has 0 spiro atoms. The van der Waals surface area contributed by atoms with E-state index in [9.17, 15) is 9.90 Å². The average Bonchev–Trinajstić information content (AvgIpc) is 3.13. The van der Waals surface area contributed by atoms with Crippen LogP contribution in [0.3, 0.4) is 0 Å². The lowest BCUT2D eigenvalue weighted by Gasteiger charge is -2.57. The van der Waals surface area contributed by atoms with Crippen LogP contribution in [0.4, 0.5) is 0 Å². The summed E-state index contributed by atoms with van der Waals surface area (Å²) in [5.41, 5.74) is 3.44. The molecule has 0 saturated heterocycles. The summed E-state index contributed by atoms with van der Waals surface area (Å²) in [6, 6.07) is 14.3. The zero-order valence-electron chi connectivity index (χ0n) is 17.2. The number of carbonyl (C=O) groups is 1. The molecule has 4 bridgehead atoms. The fraction of sp³-hybridized carbons (Fsp3) is 0.423. The summed E-state index contributed by atoms with van der Waals surface area (Å²) < 4.78 is 1.38. The molecule has 4 fully saturated rings. The number of hydrogen-bond acceptors (Lipinski definition) is 3. The fourth-order valence-corrected chi connectivity index (χ4v) is 9.23. The first-order valence-electron chi connectivity index (χ1n) is 11.0. The Hall–Kier alpha value is -1.78. The SMILES string of the molecule is CSc1cccc2sc(-c3ccc(C(=O)O)cc3)c(C34CC5CC(CC(C5)C3)C4)c12. The molecule has 0 atom stereocenters. The van der Waals surface area contributed by atoms with Crippen molar-refractivity contribution in [3.8, 4) is 10.4 Å². The Balaban J connectivity index is 1.60. The van der Waals surface area contributed by atoms with Crippen LogP contribution in [-0.4, -0.2) is 17.3 Å². The molecular weight excluding hydrogens is 408 g/mol. The van der Waals surface area contributed by atoms with Crippen molar-refractivity contribution in [3.05, 3.63) is 53.6 Å². The lowest BCUT2D eigenvalue weighted by atomic mass is 9.47. The molecule has 0 radical (unpaired) electrons. The second-order valence-corrected chi connectivity index (χ2v) is 11.6. The predicted molar refractivity (Wildman–Crippen MR) is 126 cm³/mol. The van der Waals surface area contributed by atoms with Crippen LogP contribution < -0.4 is 0 Å². The summed E-state index contributed by atoms with van der Waals surface area (Å²) in [5.74, 6) is 1.84. The second kappa shape index (κ2) is 6.86. The first kappa shape index (κ1) is 18.9. The number of aromatic carboxylic acids is 1. The molecule has 1 heterocycles. The topological polar surface area (TPSA) is 37.3 Å². The number of hydrogen-bond donors (Lipinski definition) is 1. The monoisotopic (exact) mass is 434 g/mol. The molecule has 2 nitrogen and oxygen atoms in total. The molecule has 154 valence electrons. The van der Waals surface area contributed by atoms with Crippen LogP contribution in [0.25, 0.3) is 20.5 Å². The molecule has 2 aromatic carbocycles. The normalized spacial score (nSPS) is 29.6. The highest BCUT2D eigenvalue weighted by Gasteiger charge is 2.53. The van der Waals surface area contributed by atoms with E-state index in [1.807, 2.05) is 35.2 Å². The first-order valence-corrected chi connectivity index (χ1v) is 13.0. The Morgan fingerprint density at radius 3 is 2.20 bits per heavy atom. The molecule has 4 heteroatoms. The van der Waals surface area contributed by atoms with Gasteiger partial charge >= 0.3 is 5.97 Å². The van der Waals surface area contributed by atoms with E-state index in [0.717, 1.165) is 17.8 Å². The van der Waals surface area contributed by atoms with Gasteiger partial charge in [0.25, 0.3) is 0 Å². The van der Waals surface area contributed by atoms with Gasteiger partial charge in [0.1, 0.15) is 0 Å². The van der Waals surface area contributed by atoms with Gasteiger partial charge in [-0.1, -0.05) is 18.2 Å². The number of thioether (sulfide) groups is 1. The number of fused-ring (bicyclic) bond motifs is 1. The molecule has 0 amide bonds. The molecular formula is C26H26O2S2. The Kier molecular flexibility index (Phi) is 4.33. The summed E-state index contributed by atoms with van der Waals surface area (Å²) >= 11 is 3.77. The van der Waals surface area contributed by atoms with Crippen LogP contribution in [0.2, 0.25) is 0 Å². The average molecular weight is 435 g/mol. The van der Waals surface area contributed by atoms with Crippen LogP contribution in [0.1, 0.15) is 54.4 Å². The van der Waals surface area contributed by atoms with Gasteiger partial charge in [0.15, 0.2) is 0 Å². The summed E-state index contributed by atoms with van der Waals surface area (Å²) in [7, 11) is 0. The van der Waals surface area contributed by atoms with Gasteiger partial charge in [-0.3, -0.25) is 0 Å². The second-order valence-electron chi connectivity index (χ2n) is 9.72. The van der Waals surface area contributed by atoms with Crippen molar-refractivity contribution >= 4 is 39.2 Å². The van der Waals surface area contributed by atoms with Crippen LogP contribution in [0, 0.1) is 17.8 Å². The van der Waals surface area contributed by atoms with Crippen molar-refractivity contribution < 1.29 is 9.90 Å². The van der Waals surface area contributed by atoms with Gasteiger partial charge in [-0.05, 0) is 103 Å². The molecule has 30 heavy (non-hydrogen) atoms. The van der Waals surface area contributed by atoms with Gasteiger partial charge in [0.2, 0.25) is 0 Å². The zero-order chi connectivity index (χ0) is 20.5. The Labute approximate surface area is 185 Å². The zero-order valence-corrected chi connectivity index (χ0v) is 18.8. The minimum Gasteiger partial charge on any atom is -0.478 e. The van der Waals surface area contributed by atoms with Crippen LogP contribution in [0.15, 0.2) is 47.4 Å². The van der Waals surface area contributed by atoms with Gasteiger partial charge in [-0.2, -0.15) is 0 Å². The van der Waals surface area contributed by atoms with Gasteiger partial charge < -0.3 is 5.11 Å². The van der Waals surface area contributed by atoms with E-state index in [4.69, 9.17) is 0 Å². The van der Waals surface area contributed by atoms with E-state index in [1.54, 1.807) is 17.7 Å². The van der Waals surface area contributed by atoms with Crippen LogP contribution in [0.5, 0.6) is 0 Å². The molecule has 7 rings (SSSR count). The highest BCUT2D eigenvalue weighted by atomic mass is 32.2. The highest BCUT2D eigenvalue weighted by Crippen LogP contribution is 2.64. The summed E-state index contributed by atoms with van der Waals surface area (Å²) in [6.45, 7) is 0. The quantitative estimate of drug-likeness (QED) is 0.433. The van der Waals surface area contributed by atoms with Gasteiger partial charge in [0, 0.05) is 19.9 Å². The number of carboxylic acid groups (broad SMARTS) is 1. The van der Waals surface area contributed by atoms with E-state index in [0.29, 0.717) is 11.0 Å². The van der Waals surface area contributed by atoms with E-state index in [2.05, 4.69) is 24.5 Å². The largest absolute Gasteiger partial charge is 0.478 e. The Morgan fingerprint density at radius 2 is 1.63 bits per heavy atom. The molecule has 1 N–H and O–H groups in total. The highest BCUT2D eigenvalue weighted by molar-refractivity contribution is 7.98. The van der Waals surface area contributed by atoms with E-state index < -0.39 is 5.97 Å². The fourth-order valence-electron chi connectivity index (χ4n) is 7.18. The summed E-state index contributed by atoms with van der Waals surface area (Å²) in [4.78, 5) is 14.1. The molecule has 4 aliphatic carbocycles. The van der Waals surface area contributed by atoms with E-state index in [-0.39, 0.29) is 0 Å². The van der Waals surface area contributed by atoms with E-state index >= 15 is 0 Å². The Bertz CT molecular complexity index is 1110. The lowest BCUT2D eigenvalue weighted by molar-refractivity contribution is -0.00415. The number of rotatable bonds is 4. The lowest BCUT2D eigenvalue weighted by Crippen LogP contribution is -2.48. The molecule has 1 aromatic heterocycles. The van der Waals surface area contributed by atoms with Crippen LogP contribution in [-0.2, 0) is 5.41 Å². The third-order valence-corrected chi connectivity index (χ3v) is 9.84. The van der Waals surface area contributed by atoms with Crippen molar-refractivity contribution in [2.75, 3.05) is 6.26 Å². The Morgan fingerprint density at radius 1 is 1.00 bits per heavy atom. The summed E-state index contributed by atoms with van der Waals surface area (Å²) in [6.07, 6.45) is 10.5. The number of benzene rings is 2. The van der Waals surface area contributed by atoms with Crippen molar-refractivity contribution in [3.63, 3.8) is 0 Å². The van der Waals surface area contributed by atoms with Crippen LogP contribution >= 0.6 is 23.1 Å². The standard InChI is InChI=1S/C26H26O2S2/c1-29-20-3-2-4-21-22(20)23(24(30-21)18-5-7-19(8-6-18)25(27)28)26-12-15-9-16(13-26)11-17(10-15)14-26/h2-8,15-17H,9-14H2,1H3,(H,27,28). The van der Waals surface area contributed by atoms with Crippen molar-refractivity contribution in [2.45, 2.75) is 48.8 Å². The molecule has 4 aliphatic rings. The number of carboxylic acids is 1. The van der Waals surface area contributed by atoms with E-state index in [1.165, 1.54) is 63.9 Å². The minimum atomic E-state index is -0.858. The third-order valence-electron chi connectivity index (χ3n) is 7.86. The maximum Gasteiger partial charge on any atom is 0.335 e. The predicted octanol–water partition coefficient (Wildman–Crippen LogP) is 7.46. The smallest absolute Gasteiger partial charge is 0.335 e. The maximum atomic E-state index is 11.4. The summed E-state index contributed by atoms with van der Waals surface area (Å²) in [5, 5.41) is 10.8.